The summed E-state index contributed by atoms with van der Waals surface area (Å²) >= 11 is 0. The minimum absolute atomic E-state index is 0.324. The highest BCUT2D eigenvalue weighted by Gasteiger charge is 2.26. The molecule has 376 valence electrons. The van der Waals surface area contributed by atoms with Crippen molar-refractivity contribution in [3.05, 3.63) is 248 Å². The van der Waals surface area contributed by atoms with Gasteiger partial charge in [0.05, 0.1) is 27.9 Å². The van der Waals surface area contributed by atoms with Crippen molar-refractivity contribution in [2.75, 3.05) is 9.80 Å². The lowest BCUT2D eigenvalue weighted by Crippen LogP contribution is -2.10. The molecule has 16 rings (SSSR count). The Bertz CT molecular complexity index is 4790. The maximum Gasteiger partial charge on any atom is 0.159 e. The van der Waals surface area contributed by atoms with Gasteiger partial charge < -0.3 is 23.0 Å². The zero-order valence-corrected chi connectivity index (χ0v) is 44.3. The van der Waals surface area contributed by atoms with Crippen molar-refractivity contribution in [2.45, 2.75) is 39.5 Å². The molecule has 0 radical (unpaired) electrons. The highest BCUT2D eigenvalue weighted by molar-refractivity contribution is 6.27. The van der Waals surface area contributed by atoms with Crippen LogP contribution in [0.4, 0.5) is 34.1 Å². The maximum atomic E-state index is 6.97. The summed E-state index contributed by atoms with van der Waals surface area (Å²) in [6.45, 7) is 8.94. The lowest BCUT2D eigenvalue weighted by Gasteiger charge is -2.26. The van der Waals surface area contributed by atoms with Gasteiger partial charge in [-0.05, 0) is 153 Å². The number of para-hydroxylation sites is 6. The fraction of sp³-hybridized carbons (Fsp3) is 0.0811. The van der Waals surface area contributed by atoms with Crippen LogP contribution >= 0.6 is 0 Å². The smallest absolute Gasteiger partial charge is 0.159 e. The molecule has 0 amide bonds. The number of hydrogen-bond acceptors (Lipinski definition) is 4. The molecular formula is C74H53N3O2. The third kappa shape index (κ3) is 6.89. The van der Waals surface area contributed by atoms with Crippen LogP contribution in [0.15, 0.2) is 245 Å². The van der Waals surface area contributed by atoms with E-state index in [-0.39, 0.29) is 0 Å². The molecule has 0 aliphatic heterocycles. The van der Waals surface area contributed by atoms with E-state index in [1.54, 1.807) is 0 Å². The number of nitrogens with zero attached hydrogens (tertiary/aromatic N) is 3. The second-order valence-electron chi connectivity index (χ2n) is 22.0. The summed E-state index contributed by atoms with van der Waals surface area (Å²) in [4.78, 5) is 4.72. The third-order valence-electron chi connectivity index (χ3n) is 16.7. The zero-order valence-electron chi connectivity index (χ0n) is 44.3. The van der Waals surface area contributed by atoms with Crippen molar-refractivity contribution >= 4 is 138 Å². The number of benzene rings is 12. The summed E-state index contributed by atoms with van der Waals surface area (Å²) < 4.78 is 16.5. The SMILES string of the molecule is CC(C)c1cccc2c1oc1c(N(c3ccccc3)c3ccc4cc5c6cc(-c7ccccc7)cc7c8cc9ccc(N(c%10ccccc%10)c%10cccc%11c%10oc%10c(C(C)C)cccc%10%11)cc9cc8n(c5cc4c3)c67)cccc12. The van der Waals surface area contributed by atoms with Crippen LogP contribution in [0.25, 0.3) is 115 Å². The van der Waals surface area contributed by atoms with E-state index in [0.717, 1.165) is 88.8 Å². The first-order chi connectivity index (χ1) is 38.8. The standard InChI is InChI=1S/C74H53N3O2/c1-44(2)56-24-14-26-58-60-28-16-30-66(73(60)78-71(56)58)75(52-20-10-6-11-21-52)54-34-32-47-38-62-64-40-51(46-18-8-5-9-19-46)41-65-63-39-48-33-35-55(37-50(48)43-69(63)77(70(64)65)68(62)42-49(47)36-54)76(53-22-12-7-13-23-53)67-31-17-29-61-59-27-15-25-57(45(3)4)72(59)79-74(61)67/h5-45H,1-4H3. The topological polar surface area (TPSA) is 37.2 Å². The molecule has 79 heavy (non-hydrogen) atoms. The second kappa shape index (κ2) is 17.3. The monoisotopic (exact) mass is 1020 g/mol. The molecule has 4 aromatic heterocycles. The van der Waals surface area contributed by atoms with Crippen LogP contribution in [0.1, 0.15) is 50.7 Å². The molecule has 12 aromatic carbocycles. The van der Waals surface area contributed by atoms with Crippen LogP contribution in [-0.2, 0) is 0 Å². The summed E-state index contributed by atoms with van der Waals surface area (Å²) in [7, 11) is 0. The van der Waals surface area contributed by atoms with Gasteiger partial charge >= 0.3 is 0 Å². The van der Waals surface area contributed by atoms with E-state index < -0.39 is 0 Å². The first-order valence-corrected chi connectivity index (χ1v) is 27.6. The van der Waals surface area contributed by atoms with Gasteiger partial charge in [0.15, 0.2) is 11.2 Å². The Morgan fingerprint density at radius 2 is 0.722 bits per heavy atom. The number of aromatic nitrogens is 1. The fourth-order valence-corrected chi connectivity index (χ4v) is 13.0. The van der Waals surface area contributed by atoms with Crippen molar-refractivity contribution in [3.8, 4) is 11.1 Å². The molecule has 5 nitrogen and oxygen atoms in total. The van der Waals surface area contributed by atoms with Gasteiger partial charge in [0.1, 0.15) is 11.2 Å². The van der Waals surface area contributed by atoms with Crippen LogP contribution < -0.4 is 9.80 Å². The lowest BCUT2D eigenvalue weighted by molar-refractivity contribution is 0.657. The molecule has 0 bridgehead atoms. The molecule has 0 atom stereocenters. The Morgan fingerprint density at radius 1 is 0.304 bits per heavy atom. The Labute approximate surface area is 456 Å². The Balaban J connectivity index is 0.920. The number of fused-ring (bicyclic) bond motifs is 14. The van der Waals surface area contributed by atoms with Gasteiger partial charge in [-0.15, -0.1) is 0 Å². The molecular weight excluding hydrogens is 963 g/mol. The highest BCUT2D eigenvalue weighted by Crippen LogP contribution is 2.49. The molecule has 0 spiro atoms. The Kier molecular flexibility index (Phi) is 9.96. The van der Waals surface area contributed by atoms with E-state index in [9.17, 15) is 0 Å². The summed E-state index contributed by atoms with van der Waals surface area (Å²) in [6.07, 6.45) is 0. The summed E-state index contributed by atoms with van der Waals surface area (Å²) in [5.74, 6) is 0.648. The predicted octanol–water partition coefficient (Wildman–Crippen LogP) is 21.8. The number of hydrogen-bond donors (Lipinski definition) is 0. The van der Waals surface area contributed by atoms with Gasteiger partial charge in [0.25, 0.3) is 0 Å². The van der Waals surface area contributed by atoms with E-state index in [1.165, 1.54) is 71.1 Å². The van der Waals surface area contributed by atoms with E-state index in [4.69, 9.17) is 8.83 Å². The first-order valence-electron chi connectivity index (χ1n) is 27.6. The number of rotatable bonds is 9. The molecule has 0 saturated carbocycles. The van der Waals surface area contributed by atoms with Gasteiger partial charge in [0.2, 0.25) is 0 Å². The summed E-state index contributed by atoms with van der Waals surface area (Å²) in [6, 6.07) is 86.7. The Morgan fingerprint density at radius 3 is 1.16 bits per heavy atom. The van der Waals surface area contributed by atoms with Crippen molar-refractivity contribution in [2.24, 2.45) is 0 Å². The van der Waals surface area contributed by atoms with E-state index in [1.807, 2.05) is 0 Å². The lowest BCUT2D eigenvalue weighted by atomic mass is 9.97. The van der Waals surface area contributed by atoms with Crippen molar-refractivity contribution in [1.82, 2.24) is 4.40 Å². The van der Waals surface area contributed by atoms with Crippen LogP contribution in [0.2, 0.25) is 0 Å². The third-order valence-corrected chi connectivity index (χ3v) is 16.7. The average Bonchev–Trinajstić information content (AvgIpc) is 4.44. The fourth-order valence-electron chi connectivity index (χ4n) is 13.0. The largest absolute Gasteiger partial charge is 0.454 e. The highest BCUT2D eigenvalue weighted by atomic mass is 16.3. The first kappa shape index (κ1) is 45.4. The number of furan rings is 2. The van der Waals surface area contributed by atoms with Gasteiger partial charge in [-0.2, -0.15) is 0 Å². The van der Waals surface area contributed by atoms with Crippen molar-refractivity contribution < 1.29 is 8.83 Å². The van der Waals surface area contributed by atoms with E-state index in [2.05, 4.69) is 278 Å². The van der Waals surface area contributed by atoms with E-state index >= 15 is 0 Å². The maximum absolute atomic E-state index is 6.97. The molecule has 0 saturated heterocycles. The normalized spacial score (nSPS) is 12.3. The van der Waals surface area contributed by atoms with Gasteiger partial charge in [-0.3, -0.25) is 0 Å². The molecule has 0 N–H and O–H groups in total. The Hall–Kier alpha value is -9.84. The van der Waals surface area contributed by atoms with Crippen LogP contribution in [-0.4, -0.2) is 4.40 Å². The molecule has 5 heteroatoms. The predicted molar refractivity (Wildman–Crippen MR) is 334 cm³/mol. The molecule has 0 aliphatic rings. The molecule has 0 fully saturated rings. The van der Waals surface area contributed by atoms with Crippen LogP contribution in [0, 0.1) is 0 Å². The molecule has 0 unspecified atom stereocenters. The van der Waals surface area contributed by atoms with Crippen molar-refractivity contribution in [3.63, 3.8) is 0 Å². The van der Waals surface area contributed by atoms with Gasteiger partial charge in [-0.1, -0.05) is 167 Å². The average molecular weight is 1020 g/mol. The van der Waals surface area contributed by atoms with Crippen LogP contribution in [0.3, 0.4) is 0 Å². The number of anilines is 6. The van der Waals surface area contributed by atoms with Crippen molar-refractivity contribution in [1.29, 1.82) is 0 Å². The van der Waals surface area contributed by atoms with E-state index in [0.29, 0.717) is 11.8 Å². The minimum atomic E-state index is 0.324. The minimum Gasteiger partial charge on any atom is -0.454 e. The quantitative estimate of drug-likeness (QED) is 0.144. The summed E-state index contributed by atoms with van der Waals surface area (Å²) in [5.41, 5.74) is 18.3. The molecule has 0 aliphatic carbocycles. The van der Waals surface area contributed by atoms with Gasteiger partial charge in [0, 0.05) is 65.8 Å². The van der Waals surface area contributed by atoms with Crippen LogP contribution in [0.5, 0.6) is 0 Å². The second-order valence-corrected chi connectivity index (χ2v) is 22.0. The summed E-state index contributed by atoms with van der Waals surface area (Å²) in [5, 5.41) is 14.1. The zero-order chi connectivity index (χ0) is 52.6. The molecule has 4 heterocycles. The van der Waals surface area contributed by atoms with Gasteiger partial charge in [-0.25, -0.2) is 0 Å². The molecule has 16 aromatic rings.